The maximum atomic E-state index is 12.4. The highest BCUT2D eigenvalue weighted by Gasteiger charge is 2.29. The number of hydrogen-bond acceptors (Lipinski definition) is 5. The lowest BCUT2D eigenvalue weighted by molar-refractivity contribution is -0.127. The van der Waals surface area contributed by atoms with Crippen LogP contribution in [0, 0.1) is 0 Å². The van der Waals surface area contributed by atoms with Crippen LogP contribution in [0.2, 0.25) is 5.02 Å². The molecule has 0 unspecified atom stereocenters. The van der Waals surface area contributed by atoms with E-state index in [4.69, 9.17) is 27.8 Å². The van der Waals surface area contributed by atoms with Gasteiger partial charge in [0.25, 0.3) is 12.3 Å². The number of rotatable bonds is 7. The minimum absolute atomic E-state index is 0.0717. The molecule has 188 valence electrons. The summed E-state index contributed by atoms with van der Waals surface area (Å²) in [6.07, 6.45) is -0.0266. The van der Waals surface area contributed by atoms with E-state index in [2.05, 4.69) is 5.10 Å². The van der Waals surface area contributed by atoms with Crippen LogP contribution in [-0.4, -0.2) is 46.0 Å². The number of alkyl halides is 2. The van der Waals surface area contributed by atoms with E-state index < -0.39 is 18.2 Å². The normalized spacial score (nSPS) is 16.0. The van der Waals surface area contributed by atoms with Crippen LogP contribution in [0.4, 0.5) is 14.6 Å². The Bertz CT molecular complexity index is 1280. The first-order chi connectivity index (χ1) is 17.2. The van der Waals surface area contributed by atoms with Gasteiger partial charge in [-0.15, -0.1) is 0 Å². The van der Waals surface area contributed by atoms with Crippen LogP contribution in [0.15, 0.2) is 60.7 Å². The largest absolute Gasteiger partial charge is 0.457 e. The molecule has 36 heavy (non-hydrogen) atoms. The molecule has 0 saturated carbocycles. The molecule has 4 N–H and O–H groups in total. The van der Waals surface area contributed by atoms with Crippen molar-refractivity contribution in [1.82, 2.24) is 14.7 Å². The zero-order chi connectivity index (χ0) is 25.8. The second kappa shape index (κ2) is 10.8. The quantitative estimate of drug-likeness (QED) is 0.444. The maximum Gasteiger partial charge on any atom is 0.257 e. The third-order valence-corrected chi connectivity index (χ3v) is 6.06. The Labute approximate surface area is 211 Å². The molecule has 8 nitrogen and oxygen atoms in total. The summed E-state index contributed by atoms with van der Waals surface area (Å²) >= 11 is 5.90. The lowest BCUT2D eigenvalue weighted by atomic mass is 10.1. The molecule has 4 rings (SSSR count). The van der Waals surface area contributed by atoms with Gasteiger partial charge < -0.3 is 21.1 Å². The van der Waals surface area contributed by atoms with E-state index in [0.717, 1.165) is 6.08 Å². The minimum Gasteiger partial charge on any atom is -0.457 e. The van der Waals surface area contributed by atoms with Crippen LogP contribution in [0.25, 0.3) is 11.3 Å². The van der Waals surface area contributed by atoms with Crippen molar-refractivity contribution in [1.29, 1.82) is 0 Å². The molecule has 3 aromatic rings. The summed E-state index contributed by atoms with van der Waals surface area (Å²) in [4.78, 5) is 26.0. The third kappa shape index (κ3) is 5.65. The molecule has 1 saturated heterocycles. The van der Waals surface area contributed by atoms with Gasteiger partial charge in [0.1, 0.15) is 28.6 Å². The van der Waals surface area contributed by atoms with Crippen molar-refractivity contribution in [2.24, 2.45) is 5.73 Å². The fourth-order valence-corrected chi connectivity index (χ4v) is 4.23. The molecule has 0 bridgehead atoms. The minimum atomic E-state index is -2.71. The number of nitrogens with zero attached hydrogens (tertiary/aromatic N) is 3. The molecule has 2 aromatic carbocycles. The van der Waals surface area contributed by atoms with Gasteiger partial charge in [-0.05, 0) is 67.4 Å². The lowest BCUT2D eigenvalue weighted by Gasteiger charge is -2.32. The number of likely N-dealkylation sites (tertiary alicyclic amines) is 1. The summed E-state index contributed by atoms with van der Waals surface area (Å²) in [5.41, 5.74) is 12.9. The summed E-state index contributed by atoms with van der Waals surface area (Å²) < 4.78 is 32.2. The van der Waals surface area contributed by atoms with E-state index in [1.807, 2.05) is 0 Å². The van der Waals surface area contributed by atoms with Gasteiger partial charge in [-0.3, -0.25) is 9.59 Å². The summed E-state index contributed by atoms with van der Waals surface area (Å²) in [6, 6.07) is 13.5. The van der Waals surface area contributed by atoms with Crippen molar-refractivity contribution in [2.75, 3.05) is 18.8 Å². The number of carbonyl (C=O) groups is 2. The van der Waals surface area contributed by atoms with Crippen LogP contribution in [0.3, 0.4) is 0 Å². The predicted octanol–water partition coefficient (Wildman–Crippen LogP) is 4.66. The number of carbonyl (C=O) groups excluding carboxylic acids is 2. The monoisotopic (exact) mass is 515 g/mol. The number of ether oxygens (including phenoxy) is 1. The third-order valence-electron chi connectivity index (χ3n) is 5.81. The number of halogens is 3. The van der Waals surface area contributed by atoms with Crippen LogP contribution in [-0.2, 0) is 4.79 Å². The van der Waals surface area contributed by atoms with Crippen molar-refractivity contribution in [3.05, 3.63) is 71.3 Å². The molecule has 2 heterocycles. The molecule has 1 aliphatic rings. The molecule has 1 aromatic heterocycles. The van der Waals surface area contributed by atoms with E-state index in [-0.39, 0.29) is 24.0 Å². The molecule has 2 amide bonds. The SMILES string of the molecule is NC(=O)c1c(-c2ccc(Oc3ccc(Cl)cc3)cc2)nn([C@@H]2CCCN(C(=O)/C=C/C(F)F)C2)c1N. The maximum absolute atomic E-state index is 12.4. The predicted molar refractivity (Wildman–Crippen MR) is 132 cm³/mol. The number of nitrogens with two attached hydrogens (primary N) is 2. The van der Waals surface area contributed by atoms with Crippen molar-refractivity contribution in [3.63, 3.8) is 0 Å². The number of nitrogen functional groups attached to an aromatic ring is 1. The summed E-state index contributed by atoms with van der Waals surface area (Å²) in [5, 5.41) is 5.17. The Morgan fingerprint density at radius 3 is 2.36 bits per heavy atom. The van der Waals surface area contributed by atoms with Crippen molar-refractivity contribution in [3.8, 4) is 22.8 Å². The van der Waals surface area contributed by atoms with Crippen LogP contribution in [0.5, 0.6) is 11.5 Å². The van der Waals surface area contributed by atoms with Gasteiger partial charge in [0, 0.05) is 29.8 Å². The number of amides is 2. The topological polar surface area (TPSA) is 116 Å². The Hall–Kier alpha value is -3.92. The van der Waals surface area contributed by atoms with Crippen LogP contribution >= 0.6 is 11.6 Å². The van der Waals surface area contributed by atoms with Gasteiger partial charge >= 0.3 is 0 Å². The highest BCUT2D eigenvalue weighted by atomic mass is 35.5. The Morgan fingerprint density at radius 1 is 1.11 bits per heavy atom. The first kappa shape index (κ1) is 25.2. The molecule has 1 atom stereocenters. The van der Waals surface area contributed by atoms with Gasteiger partial charge in [-0.2, -0.15) is 5.10 Å². The zero-order valence-electron chi connectivity index (χ0n) is 19.1. The van der Waals surface area contributed by atoms with Gasteiger partial charge in [-0.25, -0.2) is 13.5 Å². The van der Waals surface area contributed by atoms with Crippen molar-refractivity contribution >= 4 is 29.2 Å². The molecular weight excluding hydrogens is 492 g/mol. The number of anilines is 1. The van der Waals surface area contributed by atoms with Crippen molar-refractivity contribution in [2.45, 2.75) is 25.3 Å². The first-order valence-electron chi connectivity index (χ1n) is 11.2. The second-order valence-corrected chi connectivity index (χ2v) is 8.71. The number of piperidine rings is 1. The fraction of sp³-hybridized carbons (Fsp3) is 0.240. The van der Waals surface area contributed by atoms with E-state index in [1.54, 1.807) is 48.5 Å². The van der Waals surface area contributed by atoms with E-state index >= 15 is 0 Å². The second-order valence-electron chi connectivity index (χ2n) is 8.27. The average Bonchev–Trinajstić information content (AvgIpc) is 3.21. The van der Waals surface area contributed by atoms with Gasteiger partial charge in [0.2, 0.25) is 5.91 Å². The molecular formula is C25H24ClF2N5O3. The Balaban J connectivity index is 1.58. The molecule has 0 radical (unpaired) electrons. The molecule has 11 heteroatoms. The lowest BCUT2D eigenvalue weighted by Crippen LogP contribution is -2.40. The van der Waals surface area contributed by atoms with Gasteiger partial charge in [0.05, 0.1) is 6.04 Å². The van der Waals surface area contributed by atoms with E-state index in [9.17, 15) is 18.4 Å². The highest BCUT2D eigenvalue weighted by molar-refractivity contribution is 6.30. The number of benzene rings is 2. The van der Waals surface area contributed by atoms with Crippen LogP contribution < -0.4 is 16.2 Å². The molecule has 0 spiro atoms. The fourth-order valence-electron chi connectivity index (χ4n) is 4.11. The molecule has 0 aliphatic carbocycles. The standard InChI is InChI=1S/C25H24ClF2N5O3/c26-16-5-9-19(10-6-16)36-18-7-3-15(4-8-18)23-22(25(30)35)24(29)33(31-23)17-2-1-13-32(14-17)21(34)12-11-20(27)28/h3-12,17,20H,1-2,13-14,29H2,(H2,30,35)/b12-11+/t17-/m1/s1. The molecule has 1 aliphatic heterocycles. The zero-order valence-corrected chi connectivity index (χ0v) is 19.9. The van der Waals surface area contributed by atoms with Gasteiger partial charge in [0.15, 0.2) is 0 Å². The number of primary amides is 1. The van der Waals surface area contributed by atoms with Crippen molar-refractivity contribution < 1.29 is 23.1 Å². The Kier molecular flexibility index (Phi) is 7.54. The number of allylic oxidation sites excluding steroid dienone is 1. The van der Waals surface area contributed by atoms with E-state index in [1.165, 1.54) is 9.58 Å². The smallest absolute Gasteiger partial charge is 0.257 e. The van der Waals surface area contributed by atoms with Crippen LogP contribution in [0.1, 0.15) is 29.2 Å². The summed E-state index contributed by atoms with van der Waals surface area (Å²) in [6.45, 7) is 0.637. The summed E-state index contributed by atoms with van der Waals surface area (Å²) in [5.74, 6) is 0.00305. The number of aromatic nitrogens is 2. The molecule has 1 fully saturated rings. The Morgan fingerprint density at radius 2 is 1.75 bits per heavy atom. The average molecular weight is 516 g/mol. The van der Waals surface area contributed by atoms with Gasteiger partial charge in [-0.1, -0.05) is 11.6 Å². The summed E-state index contributed by atoms with van der Waals surface area (Å²) in [7, 11) is 0. The highest BCUT2D eigenvalue weighted by Crippen LogP contribution is 2.33. The van der Waals surface area contributed by atoms with E-state index in [0.29, 0.717) is 53.2 Å². The number of hydrogen-bond donors (Lipinski definition) is 2. The first-order valence-corrected chi connectivity index (χ1v) is 11.6.